The molecule has 1 unspecified atom stereocenters. The van der Waals surface area contributed by atoms with Crippen LogP contribution in [-0.4, -0.2) is 14.8 Å². The molecule has 1 aromatic carbocycles. The van der Waals surface area contributed by atoms with Gasteiger partial charge in [0.05, 0.1) is 22.9 Å². The van der Waals surface area contributed by atoms with E-state index in [1.54, 1.807) is 0 Å². The molecule has 0 saturated heterocycles. The fourth-order valence-electron chi connectivity index (χ4n) is 2.52. The molecular weight excluding hydrogens is 248 g/mol. The number of nitrogens with zero attached hydrogens (tertiary/aromatic N) is 3. The summed E-state index contributed by atoms with van der Waals surface area (Å²) in [7, 11) is 1.96. The van der Waals surface area contributed by atoms with Gasteiger partial charge < -0.3 is 5.73 Å². The van der Waals surface area contributed by atoms with Crippen LogP contribution in [-0.2, 0) is 13.5 Å². The highest BCUT2D eigenvalue weighted by molar-refractivity contribution is 5.81. The van der Waals surface area contributed by atoms with E-state index in [4.69, 9.17) is 5.73 Å². The molecule has 0 radical (unpaired) electrons. The molecule has 2 N–H and O–H groups in total. The second-order valence-corrected chi connectivity index (χ2v) is 5.10. The minimum atomic E-state index is -0.131. The van der Waals surface area contributed by atoms with Gasteiger partial charge in [0.1, 0.15) is 0 Å². The van der Waals surface area contributed by atoms with Crippen molar-refractivity contribution in [2.45, 2.75) is 19.4 Å². The number of aryl methyl sites for hydroxylation is 2. The fourth-order valence-corrected chi connectivity index (χ4v) is 2.52. The van der Waals surface area contributed by atoms with Crippen molar-refractivity contribution in [2.75, 3.05) is 0 Å². The van der Waals surface area contributed by atoms with Crippen molar-refractivity contribution < 1.29 is 0 Å². The zero-order chi connectivity index (χ0) is 14.1. The molecule has 3 aromatic rings. The van der Waals surface area contributed by atoms with Crippen molar-refractivity contribution >= 4 is 10.9 Å². The highest BCUT2D eigenvalue weighted by Crippen LogP contribution is 2.21. The summed E-state index contributed by atoms with van der Waals surface area (Å²) in [5.74, 6) is 0. The van der Waals surface area contributed by atoms with E-state index in [1.807, 2.05) is 49.0 Å². The van der Waals surface area contributed by atoms with Gasteiger partial charge in [0.2, 0.25) is 0 Å². The van der Waals surface area contributed by atoms with Crippen LogP contribution in [0.25, 0.3) is 10.9 Å². The Kier molecular flexibility index (Phi) is 3.24. The SMILES string of the molecule is Cc1cccc(C(N)Cc2nn(C)c3ccccc23)n1. The lowest BCUT2D eigenvalue weighted by Crippen LogP contribution is -2.15. The maximum absolute atomic E-state index is 6.28. The fraction of sp³-hybridized carbons (Fsp3) is 0.250. The minimum Gasteiger partial charge on any atom is -0.322 e. The summed E-state index contributed by atoms with van der Waals surface area (Å²) in [6.07, 6.45) is 0.692. The summed E-state index contributed by atoms with van der Waals surface area (Å²) in [4.78, 5) is 4.50. The molecule has 0 fully saturated rings. The van der Waals surface area contributed by atoms with Gasteiger partial charge in [-0.2, -0.15) is 5.10 Å². The Morgan fingerprint density at radius 1 is 1.15 bits per heavy atom. The third-order valence-electron chi connectivity index (χ3n) is 3.54. The number of hydrogen-bond donors (Lipinski definition) is 1. The quantitative estimate of drug-likeness (QED) is 0.792. The first-order chi connectivity index (χ1) is 9.65. The summed E-state index contributed by atoms with van der Waals surface area (Å²) >= 11 is 0. The molecule has 0 spiro atoms. The van der Waals surface area contributed by atoms with Gasteiger partial charge in [0.25, 0.3) is 0 Å². The molecule has 0 aliphatic heterocycles. The molecular formula is C16H18N4. The predicted octanol–water partition coefficient (Wildman–Crippen LogP) is 2.52. The van der Waals surface area contributed by atoms with Crippen LogP contribution in [0.4, 0.5) is 0 Å². The molecule has 1 atom stereocenters. The Balaban J connectivity index is 1.93. The monoisotopic (exact) mass is 266 g/mol. The van der Waals surface area contributed by atoms with E-state index in [0.717, 1.165) is 28.0 Å². The second kappa shape index (κ2) is 5.06. The van der Waals surface area contributed by atoms with Crippen molar-refractivity contribution in [3.05, 3.63) is 59.5 Å². The number of nitrogens with two attached hydrogens (primary N) is 1. The van der Waals surface area contributed by atoms with Gasteiger partial charge in [-0.25, -0.2) is 0 Å². The molecule has 20 heavy (non-hydrogen) atoms. The molecule has 0 aliphatic rings. The molecule has 0 saturated carbocycles. The minimum absolute atomic E-state index is 0.131. The normalized spacial score (nSPS) is 12.8. The Hall–Kier alpha value is -2.20. The highest BCUT2D eigenvalue weighted by Gasteiger charge is 2.14. The predicted molar refractivity (Wildman–Crippen MR) is 80.3 cm³/mol. The van der Waals surface area contributed by atoms with Crippen LogP contribution < -0.4 is 5.73 Å². The van der Waals surface area contributed by atoms with Crippen molar-refractivity contribution in [1.82, 2.24) is 14.8 Å². The van der Waals surface area contributed by atoms with Crippen LogP contribution in [0.2, 0.25) is 0 Å². The number of aromatic nitrogens is 3. The van der Waals surface area contributed by atoms with Crippen molar-refractivity contribution in [1.29, 1.82) is 0 Å². The molecule has 0 bridgehead atoms. The van der Waals surface area contributed by atoms with Gasteiger partial charge in [-0.1, -0.05) is 24.3 Å². The van der Waals surface area contributed by atoms with E-state index in [9.17, 15) is 0 Å². The molecule has 3 rings (SSSR count). The molecule has 4 heteroatoms. The smallest absolute Gasteiger partial charge is 0.0722 e. The largest absolute Gasteiger partial charge is 0.322 e. The number of rotatable bonds is 3. The number of benzene rings is 1. The summed E-state index contributed by atoms with van der Waals surface area (Å²) in [5.41, 5.74) is 10.3. The molecule has 0 aliphatic carbocycles. The maximum Gasteiger partial charge on any atom is 0.0722 e. The van der Waals surface area contributed by atoms with Gasteiger partial charge in [0.15, 0.2) is 0 Å². The molecule has 2 aromatic heterocycles. The van der Waals surface area contributed by atoms with Crippen LogP contribution in [0, 0.1) is 6.92 Å². The topological polar surface area (TPSA) is 56.7 Å². The van der Waals surface area contributed by atoms with E-state index in [2.05, 4.69) is 22.2 Å². The Morgan fingerprint density at radius 2 is 1.95 bits per heavy atom. The third kappa shape index (κ3) is 2.30. The lowest BCUT2D eigenvalue weighted by molar-refractivity contribution is 0.663. The van der Waals surface area contributed by atoms with E-state index < -0.39 is 0 Å². The van der Waals surface area contributed by atoms with Gasteiger partial charge in [0, 0.05) is 24.5 Å². The number of pyridine rings is 1. The van der Waals surface area contributed by atoms with Gasteiger partial charge in [-0.05, 0) is 25.1 Å². The van der Waals surface area contributed by atoms with Crippen LogP contribution in [0.1, 0.15) is 23.1 Å². The summed E-state index contributed by atoms with van der Waals surface area (Å²) in [5, 5.41) is 5.75. The second-order valence-electron chi connectivity index (χ2n) is 5.10. The number of para-hydroxylation sites is 1. The van der Waals surface area contributed by atoms with Gasteiger partial charge in [-0.15, -0.1) is 0 Å². The summed E-state index contributed by atoms with van der Waals surface area (Å²) < 4.78 is 1.90. The van der Waals surface area contributed by atoms with Crippen LogP contribution in [0.15, 0.2) is 42.5 Å². The maximum atomic E-state index is 6.28. The molecule has 0 amide bonds. The van der Waals surface area contributed by atoms with Gasteiger partial charge >= 0.3 is 0 Å². The zero-order valence-corrected chi connectivity index (χ0v) is 11.7. The van der Waals surface area contributed by atoms with E-state index in [0.29, 0.717) is 6.42 Å². The first-order valence-electron chi connectivity index (χ1n) is 6.75. The van der Waals surface area contributed by atoms with E-state index in [1.165, 1.54) is 0 Å². The average Bonchev–Trinajstić information content (AvgIpc) is 2.76. The third-order valence-corrected chi connectivity index (χ3v) is 3.54. The van der Waals surface area contributed by atoms with Crippen LogP contribution >= 0.6 is 0 Å². The highest BCUT2D eigenvalue weighted by atomic mass is 15.3. The molecule has 102 valence electrons. The van der Waals surface area contributed by atoms with Crippen molar-refractivity contribution in [3.8, 4) is 0 Å². The lowest BCUT2D eigenvalue weighted by atomic mass is 10.1. The average molecular weight is 266 g/mol. The van der Waals surface area contributed by atoms with Crippen molar-refractivity contribution in [2.24, 2.45) is 12.8 Å². The Bertz CT molecular complexity index is 745. The van der Waals surface area contributed by atoms with Crippen molar-refractivity contribution in [3.63, 3.8) is 0 Å². The first kappa shape index (κ1) is 12.8. The zero-order valence-electron chi connectivity index (χ0n) is 11.7. The number of hydrogen-bond acceptors (Lipinski definition) is 3. The Morgan fingerprint density at radius 3 is 2.75 bits per heavy atom. The van der Waals surface area contributed by atoms with Crippen LogP contribution in [0.5, 0.6) is 0 Å². The standard InChI is InChI=1S/C16H18N4/c1-11-6-5-8-14(18-11)13(17)10-15-12-7-3-4-9-16(12)20(2)19-15/h3-9,13H,10,17H2,1-2H3. The van der Waals surface area contributed by atoms with Gasteiger partial charge in [-0.3, -0.25) is 9.67 Å². The first-order valence-corrected chi connectivity index (χ1v) is 6.75. The lowest BCUT2D eigenvalue weighted by Gasteiger charge is -2.10. The van der Waals surface area contributed by atoms with Crippen LogP contribution in [0.3, 0.4) is 0 Å². The Labute approximate surface area is 118 Å². The number of fused-ring (bicyclic) bond motifs is 1. The van der Waals surface area contributed by atoms with E-state index >= 15 is 0 Å². The molecule has 4 nitrogen and oxygen atoms in total. The molecule has 2 heterocycles. The summed E-state index contributed by atoms with van der Waals surface area (Å²) in [6.45, 7) is 1.98. The summed E-state index contributed by atoms with van der Waals surface area (Å²) in [6, 6.07) is 14.0. The van der Waals surface area contributed by atoms with E-state index in [-0.39, 0.29) is 6.04 Å².